The molecule has 0 rings (SSSR count). The highest BCUT2D eigenvalue weighted by molar-refractivity contribution is 8.01. The fraction of sp³-hybridized carbons (Fsp3) is 0.667. The van der Waals surface area contributed by atoms with Crippen LogP contribution < -0.4 is 0 Å². The van der Waals surface area contributed by atoms with Crippen molar-refractivity contribution in [1.29, 1.82) is 0 Å². The Morgan fingerprint density at radius 2 is 1.06 bits per heavy atom. The first-order valence-corrected chi connectivity index (χ1v) is 7.97. The van der Waals surface area contributed by atoms with Gasteiger partial charge < -0.3 is 10.2 Å². The van der Waals surface area contributed by atoms with Gasteiger partial charge in [-0.3, -0.25) is 0 Å². The summed E-state index contributed by atoms with van der Waals surface area (Å²) < 4.78 is 43.0. The number of aliphatic hydroxyl groups is 2. The Kier molecular flexibility index (Phi) is 6.23. The van der Waals surface area contributed by atoms with E-state index in [1.807, 2.05) is 0 Å². The molecule has 10 heteroatoms. The number of halogens is 2. The van der Waals surface area contributed by atoms with Gasteiger partial charge in [0.2, 0.25) is 0 Å². The van der Waals surface area contributed by atoms with Gasteiger partial charge in [0.25, 0.3) is 0 Å². The lowest BCUT2D eigenvalue weighted by Gasteiger charge is -2.04. The Labute approximate surface area is 103 Å². The van der Waals surface area contributed by atoms with Crippen molar-refractivity contribution < 1.29 is 27.0 Å². The van der Waals surface area contributed by atoms with Gasteiger partial charge in [-0.2, -0.15) is 0 Å². The third-order valence-electron chi connectivity index (χ3n) is 1.42. The molecule has 6 nitrogen and oxygen atoms in total. The van der Waals surface area contributed by atoms with E-state index in [4.69, 9.17) is 33.4 Å². The number of hydrogen-bond donors (Lipinski definition) is 2. The van der Waals surface area contributed by atoms with Gasteiger partial charge in [0, 0.05) is 0 Å². The Bertz CT molecular complexity index is 419. The van der Waals surface area contributed by atoms with Gasteiger partial charge in [0.15, 0.2) is 28.4 Å². The zero-order valence-corrected chi connectivity index (χ0v) is 11.1. The first-order valence-electron chi connectivity index (χ1n) is 3.91. The van der Waals surface area contributed by atoms with Crippen LogP contribution >= 0.6 is 23.2 Å². The van der Waals surface area contributed by atoms with Crippen LogP contribution in [0.2, 0.25) is 0 Å². The molecule has 0 aliphatic carbocycles. The molecule has 16 heavy (non-hydrogen) atoms. The second-order valence-electron chi connectivity index (χ2n) is 2.63. The van der Waals surface area contributed by atoms with Gasteiger partial charge in [-0.1, -0.05) is 23.2 Å². The molecule has 2 N–H and O–H groups in total. The zero-order valence-electron chi connectivity index (χ0n) is 7.93. The molecule has 0 aliphatic rings. The zero-order chi connectivity index (χ0) is 13.0. The molecule has 0 spiro atoms. The second-order valence-corrected chi connectivity index (χ2v) is 7.93. The van der Waals surface area contributed by atoms with E-state index in [1.54, 1.807) is 0 Å². The van der Waals surface area contributed by atoms with Gasteiger partial charge in [-0.25, -0.2) is 16.8 Å². The smallest absolute Gasteiger partial charge is 0.193 e. The average molecular weight is 313 g/mol. The first kappa shape index (κ1) is 16.1. The van der Waals surface area contributed by atoms with Gasteiger partial charge in [0.1, 0.15) is 0 Å². The third-order valence-corrected chi connectivity index (χ3v) is 6.60. The van der Waals surface area contributed by atoms with Gasteiger partial charge in [-0.15, -0.1) is 0 Å². The van der Waals surface area contributed by atoms with Gasteiger partial charge >= 0.3 is 0 Å². The fourth-order valence-electron chi connectivity index (χ4n) is 0.664. The summed E-state index contributed by atoms with van der Waals surface area (Å²) in [6, 6.07) is 0. The largest absolute Gasteiger partial charge is 0.395 e. The summed E-state index contributed by atoms with van der Waals surface area (Å²) in [5, 5.41) is 16.9. The molecule has 0 heterocycles. The van der Waals surface area contributed by atoms with E-state index >= 15 is 0 Å². The highest BCUT2D eigenvalue weighted by Crippen LogP contribution is 2.25. The summed E-state index contributed by atoms with van der Waals surface area (Å²) in [6.45, 7) is -1.41. The summed E-state index contributed by atoms with van der Waals surface area (Å²) in [4.78, 5) is 0. The SMILES string of the molecule is O=S(=O)(CCO)C(Cl)=C(Cl)S(=O)(=O)CCO. The molecular formula is C6H10Cl2O6S2. The van der Waals surface area contributed by atoms with Crippen molar-refractivity contribution in [2.45, 2.75) is 0 Å². The van der Waals surface area contributed by atoms with Crippen molar-refractivity contribution in [3.63, 3.8) is 0 Å². The fourth-order valence-corrected chi connectivity index (χ4v) is 3.92. The molecule has 0 fully saturated rings. The quantitative estimate of drug-likeness (QED) is 0.678. The van der Waals surface area contributed by atoms with Crippen LogP contribution in [0.1, 0.15) is 0 Å². The molecule has 0 unspecified atom stereocenters. The van der Waals surface area contributed by atoms with Gasteiger partial charge in [-0.05, 0) is 0 Å². The van der Waals surface area contributed by atoms with E-state index in [0.717, 1.165) is 0 Å². The maximum absolute atomic E-state index is 11.3. The first-order chi connectivity index (χ1) is 7.19. The van der Waals surface area contributed by atoms with Crippen molar-refractivity contribution in [3.05, 3.63) is 8.73 Å². The minimum Gasteiger partial charge on any atom is -0.395 e. The van der Waals surface area contributed by atoms with E-state index in [2.05, 4.69) is 0 Å². The Hall–Kier alpha value is 0.140. The van der Waals surface area contributed by atoms with Gasteiger partial charge in [0.05, 0.1) is 24.7 Å². The van der Waals surface area contributed by atoms with E-state index in [1.165, 1.54) is 0 Å². The molecule has 96 valence electrons. The van der Waals surface area contributed by atoms with Crippen LogP contribution in [-0.2, 0) is 19.7 Å². The van der Waals surface area contributed by atoms with E-state index in [0.29, 0.717) is 0 Å². The number of aliphatic hydroxyl groups excluding tert-OH is 2. The number of hydrogen-bond acceptors (Lipinski definition) is 6. The van der Waals surface area contributed by atoms with E-state index in [-0.39, 0.29) is 0 Å². The lowest BCUT2D eigenvalue weighted by molar-refractivity contribution is 0.319. The molecule has 0 radical (unpaired) electrons. The van der Waals surface area contributed by atoms with Crippen LogP contribution in [0.25, 0.3) is 0 Å². The van der Waals surface area contributed by atoms with Crippen molar-refractivity contribution in [2.24, 2.45) is 0 Å². The summed E-state index contributed by atoms with van der Waals surface area (Å²) >= 11 is 10.6. The van der Waals surface area contributed by atoms with Crippen LogP contribution in [0.3, 0.4) is 0 Å². The maximum Gasteiger partial charge on any atom is 0.193 e. The van der Waals surface area contributed by atoms with Crippen molar-refractivity contribution in [1.82, 2.24) is 0 Å². The Morgan fingerprint density at radius 3 is 1.25 bits per heavy atom. The summed E-state index contributed by atoms with van der Waals surface area (Å²) in [7, 11) is -8.22. The lowest BCUT2D eigenvalue weighted by atomic mass is 10.9. The summed E-state index contributed by atoms with van der Waals surface area (Å²) in [6.07, 6.45) is 0. The minimum atomic E-state index is -4.11. The summed E-state index contributed by atoms with van der Waals surface area (Å²) in [5.74, 6) is -1.45. The molecule has 0 aliphatic heterocycles. The minimum absolute atomic E-state index is 0.706. The monoisotopic (exact) mass is 312 g/mol. The van der Waals surface area contributed by atoms with Crippen LogP contribution in [0.15, 0.2) is 8.73 Å². The van der Waals surface area contributed by atoms with Crippen LogP contribution in [0.4, 0.5) is 0 Å². The predicted octanol–water partition coefficient (Wildman–Crippen LogP) is -0.595. The number of rotatable bonds is 6. The highest BCUT2D eigenvalue weighted by atomic mass is 35.5. The molecule has 0 aromatic rings. The lowest BCUT2D eigenvalue weighted by Crippen LogP contribution is -2.15. The number of sulfone groups is 2. The highest BCUT2D eigenvalue weighted by Gasteiger charge is 2.26. The topological polar surface area (TPSA) is 109 Å². The normalized spacial score (nSPS) is 14.8. The molecule has 0 aromatic carbocycles. The van der Waals surface area contributed by atoms with Crippen LogP contribution in [0, 0.1) is 0 Å². The van der Waals surface area contributed by atoms with Crippen molar-refractivity contribution >= 4 is 42.9 Å². The molecule has 0 aromatic heterocycles. The summed E-state index contributed by atoms with van der Waals surface area (Å²) in [5.41, 5.74) is 0. The standard InChI is InChI=1S/C6H10Cl2O6S2/c7-5(15(11,12)3-1-9)6(8)16(13,14)4-2-10/h9-10H,1-4H2. The molecule has 0 saturated heterocycles. The molecule has 0 bridgehead atoms. The van der Waals surface area contributed by atoms with E-state index in [9.17, 15) is 16.8 Å². The van der Waals surface area contributed by atoms with E-state index < -0.39 is 53.1 Å². The van der Waals surface area contributed by atoms with Crippen molar-refractivity contribution in [2.75, 3.05) is 24.7 Å². The second kappa shape index (κ2) is 6.18. The maximum atomic E-state index is 11.3. The predicted molar refractivity (Wildman–Crippen MR) is 60.5 cm³/mol. The Morgan fingerprint density at radius 1 is 0.812 bits per heavy atom. The van der Waals surface area contributed by atoms with Crippen molar-refractivity contribution in [3.8, 4) is 0 Å². The average Bonchev–Trinajstić information content (AvgIpc) is 2.15. The van der Waals surface area contributed by atoms with Crippen LogP contribution in [-0.4, -0.2) is 51.8 Å². The molecule has 0 amide bonds. The molecular weight excluding hydrogens is 303 g/mol. The molecule has 0 atom stereocenters. The van der Waals surface area contributed by atoms with Crippen LogP contribution in [0.5, 0.6) is 0 Å². The third kappa shape index (κ3) is 4.19. The molecule has 0 saturated carbocycles. The Balaban J connectivity index is 5.44.